The van der Waals surface area contributed by atoms with Gasteiger partial charge in [0.1, 0.15) is 5.75 Å². The molecule has 2 rings (SSSR count). The molecule has 6 heteroatoms. The van der Waals surface area contributed by atoms with Crippen LogP contribution in [-0.4, -0.2) is 64.4 Å². The largest absolute Gasteiger partial charge is 0.496 e. The highest BCUT2D eigenvalue weighted by atomic mass is 16.5. The predicted molar refractivity (Wildman–Crippen MR) is 94.3 cm³/mol. The molecule has 1 aliphatic rings. The van der Waals surface area contributed by atoms with Gasteiger partial charge in [0.25, 0.3) is 0 Å². The summed E-state index contributed by atoms with van der Waals surface area (Å²) in [6, 6.07) is 8.21. The van der Waals surface area contributed by atoms with Gasteiger partial charge in [0.05, 0.1) is 26.3 Å². The van der Waals surface area contributed by atoms with Crippen LogP contribution < -0.4 is 15.4 Å². The van der Waals surface area contributed by atoms with E-state index in [0.29, 0.717) is 26.2 Å². The molecule has 1 heterocycles. The van der Waals surface area contributed by atoms with Gasteiger partial charge < -0.3 is 20.1 Å². The first-order valence-corrected chi connectivity index (χ1v) is 8.59. The van der Waals surface area contributed by atoms with Gasteiger partial charge in [0.15, 0.2) is 0 Å². The number of nitrogens with zero attached hydrogens (tertiary/aromatic N) is 1. The summed E-state index contributed by atoms with van der Waals surface area (Å²) in [5.74, 6) is 0.882. The maximum Gasteiger partial charge on any atom is 0.234 e. The van der Waals surface area contributed by atoms with Crippen molar-refractivity contribution >= 4 is 5.91 Å². The number of amides is 1. The molecule has 2 N–H and O–H groups in total. The van der Waals surface area contributed by atoms with Gasteiger partial charge in [-0.05, 0) is 32.0 Å². The van der Waals surface area contributed by atoms with E-state index in [1.54, 1.807) is 14.2 Å². The Hall–Kier alpha value is -1.63. The van der Waals surface area contributed by atoms with Crippen molar-refractivity contribution in [3.05, 3.63) is 29.8 Å². The number of nitrogens with one attached hydrogen (secondary N) is 2. The minimum atomic E-state index is 0.00481. The zero-order valence-electron chi connectivity index (χ0n) is 14.7. The van der Waals surface area contributed by atoms with Crippen molar-refractivity contribution in [1.82, 2.24) is 15.5 Å². The number of methoxy groups -OCH3 is 2. The second-order valence-corrected chi connectivity index (χ2v) is 5.97. The molecule has 0 spiro atoms. The molecular weight excluding hydrogens is 306 g/mol. The van der Waals surface area contributed by atoms with Crippen molar-refractivity contribution in [3.63, 3.8) is 0 Å². The Balaban J connectivity index is 1.95. The second-order valence-electron chi connectivity index (χ2n) is 5.97. The van der Waals surface area contributed by atoms with Crippen LogP contribution in [0.2, 0.25) is 0 Å². The van der Waals surface area contributed by atoms with Crippen molar-refractivity contribution in [2.24, 2.45) is 0 Å². The van der Waals surface area contributed by atoms with Gasteiger partial charge in [-0.25, -0.2) is 0 Å². The quantitative estimate of drug-likeness (QED) is 0.629. The summed E-state index contributed by atoms with van der Waals surface area (Å²) >= 11 is 0. The third-order valence-corrected chi connectivity index (χ3v) is 4.34. The van der Waals surface area contributed by atoms with Gasteiger partial charge in [-0.15, -0.1) is 0 Å². The van der Waals surface area contributed by atoms with E-state index in [-0.39, 0.29) is 11.9 Å². The lowest BCUT2D eigenvalue weighted by molar-refractivity contribution is -0.120. The van der Waals surface area contributed by atoms with Crippen LogP contribution in [0.25, 0.3) is 0 Å². The molecule has 0 aliphatic carbocycles. The van der Waals surface area contributed by atoms with Crippen LogP contribution in [-0.2, 0) is 9.53 Å². The number of carbonyl (C=O) groups is 1. The normalized spacial score (nSPS) is 16.1. The van der Waals surface area contributed by atoms with Crippen LogP contribution in [0.5, 0.6) is 5.75 Å². The highest BCUT2D eigenvalue weighted by molar-refractivity contribution is 5.78. The van der Waals surface area contributed by atoms with Gasteiger partial charge in [-0.3, -0.25) is 9.69 Å². The highest BCUT2D eigenvalue weighted by Gasteiger charge is 2.26. The van der Waals surface area contributed by atoms with E-state index in [9.17, 15) is 4.79 Å². The molecule has 1 unspecified atom stereocenters. The van der Waals surface area contributed by atoms with Crippen LogP contribution in [0.1, 0.15) is 24.4 Å². The Morgan fingerprint density at radius 2 is 2.00 bits per heavy atom. The van der Waals surface area contributed by atoms with Gasteiger partial charge in [-0.1, -0.05) is 18.2 Å². The van der Waals surface area contributed by atoms with Crippen LogP contribution in [0.3, 0.4) is 0 Å². The number of carbonyl (C=O) groups excluding carboxylic acids is 1. The molecule has 24 heavy (non-hydrogen) atoms. The van der Waals surface area contributed by atoms with Crippen molar-refractivity contribution in [3.8, 4) is 5.75 Å². The third kappa shape index (κ3) is 5.47. The SMILES string of the molecule is COCCNCC(=O)NCC(c1ccccc1OC)N1CCCC1. The number of likely N-dealkylation sites (tertiary alicyclic amines) is 1. The number of hydrogen-bond donors (Lipinski definition) is 2. The maximum absolute atomic E-state index is 12.0. The fraction of sp³-hybridized carbons (Fsp3) is 0.611. The highest BCUT2D eigenvalue weighted by Crippen LogP contribution is 2.31. The smallest absolute Gasteiger partial charge is 0.234 e. The molecule has 1 aromatic carbocycles. The Labute approximate surface area is 144 Å². The lowest BCUT2D eigenvalue weighted by atomic mass is 10.0. The summed E-state index contributed by atoms with van der Waals surface area (Å²) < 4.78 is 10.5. The van der Waals surface area contributed by atoms with Crippen molar-refractivity contribution < 1.29 is 14.3 Å². The molecule has 1 fully saturated rings. The van der Waals surface area contributed by atoms with Crippen molar-refractivity contribution in [2.45, 2.75) is 18.9 Å². The van der Waals surface area contributed by atoms with Crippen molar-refractivity contribution in [1.29, 1.82) is 0 Å². The molecule has 0 bridgehead atoms. The summed E-state index contributed by atoms with van der Waals surface area (Å²) in [6.45, 7) is 4.29. The molecular formula is C18H29N3O3. The monoisotopic (exact) mass is 335 g/mol. The third-order valence-electron chi connectivity index (χ3n) is 4.34. The average molecular weight is 335 g/mol. The van der Waals surface area contributed by atoms with Crippen LogP contribution in [0.15, 0.2) is 24.3 Å². The zero-order chi connectivity index (χ0) is 17.2. The van der Waals surface area contributed by atoms with E-state index < -0.39 is 0 Å². The van der Waals surface area contributed by atoms with E-state index >= 15 is 0 Å². The summed E-state index contributed by atoms with van der Waals surface area (Å²) in [6.07, 6.45) is 2.41. The number of benzene rings is 1. The van der Waals surface area contributed by atoms with Crippen molar-refractivity contribution in [2.75, 3.05) is 53.6 Å². The fourth-order valence-corrected chi connectivity index (χ4v) is 3.08. The van der Waals surface area contributed by atoms with E-state index in [1.807, 2.05) is 18.2 Å². The number of hydrogen-bond acceptors (Lipinski definition) is 5. The number of para-hydroxylation sites is 1. The molecule has 0 radical (unpaired) electrons. The number of rotatable bonds is 10. The predicted octanol–water partition coefficient (Wildman–Crippen LogP) is 1.18. The second kappa shape index (κ2) is 10.3. The molecule has 0 aromatic heterocycles. The Morgan fingerprint density at radius 1 is 1.25 bits per heavy atom. The standard InChI is InChI=1S/C18H29N3O3/c1-23-12-9-19-14-18(22)20-13-16(21-10-5-6-11-21)15-7-3-4-8-17(15)24-2/h3-4,7-8,16,19H,5-6,9-14H2,1-2H3,(H,20,22). The summed E-state index contributed by atoms with van der Waals surface area (Å²) in [7, 11) is 3.34. The molecule has 1 aromatic rings. The molecule has 1 saturated heterocycles. The first kappa shape index (κ1) is 18.7. The van der Waals surface area contributed by atoms with Crippen LogP contribution in [0.4, 0.5) is 0 Å². The molecule has 1 amide bonds. The zero-order valence-corrected chi connectivity index (χ0v) is 14.7. The van der Waals surface area contributed by atoms with E-state index in [0.717, 1.165) is 24.4 Å². The van der Waals surface area contributed by atoms with Gasteiger partial charge >= 0.3 is 0 Å². The van der Waals surface area contributed by atoms with Gasteiger partial charge in [-0.2, -0.15) is 0 Å². The van der Waals surface area contributed by atoms with E-state index in [2.05, 4.69) is 21.6 Å². The van der Waals surface area contributed by atoms with Gasteiger partial charge in [0, 0.05) is 25.8 Å². The first-order valence-electron chi connectivity index (χ1n) is 8.59. The molecule has 0 saturated carbocycles. The molecule has 134 valence electrons. The average Bonchev–Trinajstić information content (AvgIpc) is 3.14. The minimum absolute atomic E-state index is 0.00481. The maximum atomic E-state index is 12.0. The molecule has 6 nitrogen and oxygen atoms in total. The summed E-state index contributed by atoms with van der Waals surface area (Å²) in [5, 5.41) is 6.11. The van der Waals surface area contributed by atoms with E-state index in [4.69, 9.17) is 9.47 Å². The first-order chi connectivity index (χ1) is 11.8. The van der Waals surface area contributed by atoms with Crippen LogP contribution >= 0.6 is 0 Å². The fourth-order valence-electron chi connectivity index (χ4n) is 3.08. The summed E-state index contributed by atoms with van der Waals surface area (Å²) in [5.41, 5.74) is 1.13. The topological polar surface area (TPSA) is 62.8 Å². The van der Waals surface area contributed by atoms with Crippen LogP contribution in [0, 0.1) is 0 Å². The lowest BCUT2D eigenvalue weighted by Gasteiger charge is -2.29. The summed E-state index contributed by atoms with van der Waals surface area (Å²) in [4.78, 5) is 14.5. The Bertz CT molecular complexity index is 504. The Kier molecular flexibility index (Phi) is 8.01. The van der Waals surface area contributed by atoms with E-state index in [1.165, 1.54) is 12.8 Å². The minimum Gasteiger partial charge on any atom is -0.496 e. The molecule has 1 aliphatic heterocycles. The lowest BCUT2D eigenvalue weighted by Crippen LogP contribution is -2.40. The van der Waals surface area contributed by atoms with Gasteiger partial charge in [0.2, 0.25) is 5.91 Å². The molecule has 1 atom stereocenters. The number of ether oxygens (including phenoxy) is 2. The Morgan fingerprint density at radius 3 is 2.71 bits per heavy atom.